The molecule has 1 heterocycles. The number of carbonyl (C=O) groups excluding carboxylic acids is 1. The Morgan fingerprint density at radius 1 is 1.71 bits per heavy atom. The highest BCUT2D eigenvalue weighted by molar-refractivity contribution is 9.09. The lowest BCUT2D eigenvalue weighted by molar-refractivity contribution is -0.130. The second-order valence-corrected chi connectivity index (χ2v) is 4.43. The highest BCUT2D eigenvalue weighted by Crippen LogP contribution is 2.46. The molecule has 0 unspecified atom stereocenters. The van der Waals surface area contributed by atoms with Gasteiger partial charge in [0.2, 0.25) is 5.91 Å². The maximum absolute atomic E-state index is 12.4. The van der Waals surface area contributed by atoms with Gasteiger partial charge in [0, 0.05) is 0 Å². The van der Waals surface area contributed by atoms with Crippen molar-refractivity contribution in [1.29, 1.82) is 0 Å². The van der Waals surface area contributed by atoms with E-state index in [0.29, 0.717) is 23.2 Å². The van der Waals surface area contributed by atoms with Crippen LogP contribution in [0.25, 0.3) is 0 Å². The number of carbonyl (C=O) groups is 2. The number of alkyl halides is 1. The van der Waals surface area contributed by atoms with E-state index in [4.69, 9.17) is 5.11 Å². The Labute approximate surface area is 87.5 Å². The van der Waals surface area contributed by atoms with Gasteiger partial charge < -0.3 is 5.11 Å². The molecule has 1 saturated heterocycles. The summed E-state index contributed by atoms with van der Waals surface area (Å²) >= 11 is 3.23. The van der Waals surface area contributed by atoms with Gasteiger partial charge in [0.1, 0.15) is 0 Å². The van der Waals surface area contributed by atoms with Crippen LogP contribution in [0.3, 0.4) is 0 Å². The first-order valence-corrected chi connectivity index (χ1v) is 4.98. The predicted molar refractivity (Wildman–Crippen MR) is 48.7 cm³/mol. The van der Waals surface area contributed by atoms with Gasteiger partial charge in [-0.3, -0.25) is 4.79 Å². The summed E-state index contributed by atoms with van der Waals surface area (Å²) in [4.78, 5) is 22.6. The van der Waals surface area contributed by atoms with E-state index in [2.05, 4.69) is 15.9 Å². The first-order valence-electron chi connectivity index (χ1n) is 4.07. The zero-order chi connectivity index (χ0) is 10.5. The molecule has 1 aliphatic heterocycles. The van der Waals surface area contributed by atoms with Crippen LogP contribution in [-0.2, 0) is 4.79 Å². The molecule has 2 rings (SSSR count). The quantitative estimate of drug-likeness (QED) is 0.675. The van der Waals surface area contributed by atoms with Gasteiger partial charge in [-0.15, -0.1) is 0 Å². The molecule has 0 aromatic carbocycles. The van der Waals surface area contributed by atoms with Crippen LogP contribution in [-0.4, -0.2) is 32.9 Å². The topological polar surface area (TPSA) is 57.6 Å². The van der Waals surface area contributed by atoms with E-state index in [1.807, 2.05) is 0 Å². The van der Waals surface area contributed by atoms with Crippen LogP contribution in [0.4, 0.5) is 9.18 Å². The summed E-state index contributed by atoms with van der Waals surface area (Å²) in [5.41, 5.74) is 0.374. The Morgan fingerprint density at radius 3 is 2.79 bits per heavy atom. The number of nitrogens with zero attached hydrogens (tertiary/aromatic N) is 1. The van der Waals surface area contributed by atoms with Gasteiger partial charge in [-0.2, -0.15) is 0 Å². The molecule has 1 aliphatic carbocycles. The van der Waals surface area contributed by atoms with Crippen LogP contribution in [0.15, 0.2) is 11.9 Å². The number of halogens is 2. The minimum atomic E-state index is -1.31. The number of amides is 2. The van der Waals surface area contributed by atoms with E-state index < -0.39 is 24.0 Å². The average Bonchev–Trinajstić information content (AvgIpc) is 2.56. The third kappa shape index (κ3) is 1.03. The van der Waals surface area contributed by atoms with Crippen LogP contribution >= 0.6 is 15.9 Å². The molecule has 1 saturated carbocycles. The summed E-state index contributed by atoms with van der Waals surface area (Å²) in [6, 6.07) is -0.657. The summed E-state index contributed by atoms with van der Waals surface area (Å²) < 4.78 is 12.4. The fraction of sp³-hybridized carbons (Fsp3) is 0.500. The first-order chi connectivity index (χ1) is 6.57. The molecule has 14 heavy (non-hydrogen) atoms. The number of fused-ring (bicyclic) bond motifs is 2. The van der Waals surface area contributed by atoms with Crippen molar-refractivity contribution in [2.45, 2.75) is 17.3 Å². The molecule has 6 heteroatoms. The molecule has 1 N–H and O–H groups in total. The SMILES string of the molecule is O=C(O)N1C(=O)[C@H]2C/C(=C\F)[C@@H]1[C@@H]2Br. The first kappa shape index (κ1) is 9.64. The van der Waals surface area contributed by atoms with Gasteiger partial charge in [0.25, 0.3) is 0 Å². The van der Waals surface area contributed by atoms with Crippen molar-refractivity contribution in [3.05, 3.63) is 11.9 Å². The van der Waals surface area contributed by atoms with E-state index in [9.17, 15) is 14.0 Å². The number of likely N-dealkylation sites (tertiary alicyclic amines) is 1. The second kappa shape index (κ2) is 3.05. The summed E-state index contributed by atoms with van der Waals surface area (Å²) in [6.45, 7) is 0. The number of piperidine rings is 1. The molecule has 76 valence electrons. The van der Waals surface area contributed by atoms with Crippen molar-refractivity contribution in [3.8, 4) is 0 Å². The van der Waals surface area contributed by atoms with Crippen molar-refractivity contribution in [2.24, 2.45) is 5.92 Å². The predicted octanol–water partition coefficient (Wildman–Crippen LogP) is 1.51. The number of carboxylic acid groups (broad SMARTS) is 1. The monoisotopic (exact) mass is 263 g/mol. The van der Waals surface area contributed by atoms with E-state index in [0.717, 1.165) is 0 Å². The lowest BCUT2D eigenvalue weighted by Crippen LogP contribution is -2.42. The van der Waals surface area contributed by atoms with Crippen LogP contribution in [0.5, 0.6) is 0 Å². The second-order valence-electron chi connectivity index (χ2n) is 3.37. The smallest absolute Gasteiger partial charge is 0.414 e. The van der Waals surface area contributed by atoms with Crippen molar-refractivity contribution >= 4 is 27.9 Å². The van der Waals surface area contributed by atoms with Crippen molar-refractivity contribution in [1.82, 2.24) is 4.90 Å². The Kier molecular flexibility index (Phi) is 2.10. The number of rotatable bonds is 0. The molecule has 3 atom stereocenters. The van der Waals surface area contributed by atoms with Crippen LogP contribution in [0, 0.1) is 5.92 Å². The number of hydrogen-bond donors (Lipinski definition) is 1. The van der Waals surface area contributed by atoms with Gasteiger partial charge >= 0.3 is 6.09 Å². The molecule has 2 amide bonds. The zero-order valence-corrected chi connectivity index (χ0v) is 8.57. The average molecular weight is 264 g/mol. The van der Waals surface area contributed by atoms with Crippen molar-refractivity contribution in [3.63, 3.8) is 0 Å². The highest BCUT2D eigenvalue weighted by atomic mass is 79.9. The van der Waals surface area contributed by atoms with Gasteiger partial charge in [-0.1, -0.05) is 15.9 Å². The van der Waals surface area contributed by atoms with Gasteiger partial charge in [-0.05, 0) is 12.0 Å². The fourth-order valence-corrected chi connectivity index (χ4v) is 3.07. The molecule has 0 aromatic heterocycles. The molecule has 2 fully saturated rings. The Bertz CT molecular complexity index is 343. The zero-order valence-electron chi connectivity index (χ0n) is 6.98. The van der Waals surface area contributed by atoms with E-state index >= 15 is 0 Å². The maximum Gasteiger partial charge on any atom is 0.414 e. The summed E-state index contributed by atoms with van der Waals surface area (Å²) in [7, 11) is 0. The molecule has 0 aromatic rings. The van der Waals surface area contributed by atoms with Gasteiger partial charge in [-0.25, -0.2) is 14.1 Å². The van der Waals surface area contributed by atoms with Crippen molar-refractivity contribution in [2.75, 3.05) is 0 Å². The third-order valence-electron chi connectivity index (χ3n) is 2.70. The lowest BCUT2D eigenvalue weighted by atomic mass is 10.1. The standard InChI is InChI=1S/C8H7BrFNO3/c9-5-4-1-3(2-10)6(5)11(7(4)12)8(13)14/h2,4-6H,1H2,(H,13,14)/b3-2+/t4-,5+,6+/m0/s1. The summed E-state index contributed by atoms with van der Waals surface area (Å²) in [5.74, 6) is -0.868. The Morgan fingerprint density at radius 2 is 2.36 bits per heavy atom. The molecule has 2 aliphatic rings. The minimum Gasteiger partial charge on any atom is -0.465 e. The molecular formula is C8H7BrFNO3. The molecule has 0 spiro atoms. The number of hydrogen-bond acceptors (Lipinski definition) is 2. The highest BCUT2D eigenvalue weighted by Gasteiger charge is 2.56. The molecule has 0 radical (unpaired) electrons. The molecule has 2 bridgehead atoms. The normalized spacial score (nSPS) is 38.4. The molecular weight excluding hydrogens is 257 g/mol. The summed E-state index contributed by atoms with van der Waals surface area (Å²) in [5, 5.41) is 8.77. The third-order valence-corrected chi connectivity index (χ3v) is 3.84. The molecule has 4 nitrogen and oxygen atoms in total. The van der Waals surface area contributed by atoms with Crippen molar-refractivity contribution < 1.29 is 19.1 Å². The van der Waals surface area contributed by atoms with Crippen LogP contribution in [0.1, 0.15) is 6.42 Å². The Balaban J connectivity index is 2.40. The lowest BCUT2D eigenvalue weighted by Gasteiger charge is -2.23. The largest absolute Gasteiger partial charge is 0.465 e. The van der Waals surface area contributed by atoms with Crippen LogP contribution < -0.4 is 0 Å². The fourth-order valence-electron chi connectivity index (χ4n) is 2.08. The van der Waals surface area contributed by atoms with E-state index in [1.165, 1.54) is 0 Å². The number of imide groups is 1. The minimum absolute atomic E-state index is 0.284. The van der Waals surface area contributed by atoms with Crippen LogP contribution in [0.2, 0.25) is 0 Å². The summed E-state index contributed by atoms with van der Waals surface area (Å²) in [6.07, 6.45) is -0.591. The Hall–Kier alpha value is -0.910. The van der Waals surface area contributed by atoms with Gasteiger partial charge in [0.15, 0.2) is 0 Å². The van der Waals surface area contributed by atoms with E-state index in [-0.39, 0.29) is 4.83 Å². The maximum atomic E-state index is 12.4. The van der Waals surface area contributed by atoms with E-state index in [1.54, 1.807) is 0 Å². The van der Waals surface area contributed by atoms with Gasteiger partial charge in [0.05, 0.1) is 23.1 Å².